The fraction of sp³-hybridized carbons (Fsp3) is 0.250. The van der Waals surface area contributed by atoms with Crippen LogP contribution in [0.2, 0.25) is 0 Å². The standard InChI is InChI=1S/C12H10F3NO2/c1-16(2)7-3-4-10-8(5-7)9(12(13,14)15)6-11(17)18-10/h3-6H,1-2H3. The highest BCUT2D eigenvalue weighted by Gasteiger charge is 2.33. The molecule has 0 saturated heterocycles. The molecule has 0 saturated carbocycles. The molecule has 2 rings (SSSR count). The van der Waals surface area contributed by atoms with E-state index in [1.54, 1.807) is 25.1 Å². The van der Waals surface area contributed by atoms with E-state index in [4.69, 9.17) is 4.42 Å². The van der Waals surface area contributed by atoms with Crippen LogP contribution in [0, 0.1) is 0 Å². The zero-order valence-electron chi connectivity index (χ0n) is 9.71. The third kappa shape index (κ3) is 2.18. The Balaban J connectivity index is 2.83. The molecule has 0 bridgehead atoms. The number of nitrogens with zero attached hydrogens (tertiary/aromatic N) is 1. The molecule has 1 aromatic carbocycles. The minimum absolute atomic E-state index is 0.0691. The molecule has 0 aliphatic heterocycles. The van der Waals surface area contributed by atoms with Gasteiger partial charge in [0.2, 0.25) is 0 Å². The number of hydrogen-bond acceptors (Lipinski definition) is 3. The topological polar surface area (TPSA) is 33.5 Å². The third-order valence-corrected chi connectivity index (χ3v) is 2.55. The summed E-state index contributed by atoms with van der Waals surface area (Å²) in [6.07, 6.45) is -4.58. The van der Waals surface area contributed by atoms with E-state index >= 15 is 0 Å². The maximum atomic E-state index is 12.8. The molecule has 3 nitrogen and oxygen atoms in total. The van der Waals surface area contributed by atoms with E-state index in [1.165, 1.54) is 12.1 Å². The zero-order valence-corrected chi connectivity index (χ0v) is 9.71. The molecule has 1 aromatic heterocycles. The second kappa shape index (κ2) is 4.04. The summed E-state index contributed by atoms with van der Waals surface area (Å²) in [6.45, 7) is 0. The quantitative estimate of drug-likeness (QED) is 0.736. The highest BCUT2D eigenvalue weighted by atomic mass is 19.4. The number of rotatable bonds is 1. The summed E-state index contributed by atoms with van der Waals surface area (Å²) in [6, 6.07) is 4.77. The van der Waals surface area contributed by atoms with Gasteiger partial charge in [-0.2, -0.15) is 13.2 Å². The van der Waals surface area contributed by atoms with Gasteiger partial charge in [-0.1, -0.05) is 0 Å². The Morgan fingerprint density at radius 2 is 1.83 bits per heavy atom. The molecule has 0 spiro atoms. The highest BCUT2D eigenvalue weighted by Crippen LogP contribution is 2.35. The summed E-state index contributed by atoms with van der Waals surface area (Å²) in [7, 11) is 3.43. The fourth-order valence-electron chi connectivity index (χ4n) is 1.66. The Hall–Kier alpha value is -1.98. The molecule has 2 aromatic rings. The van der Waals surface area contributed by atoms with Crippen LogP contribution in [0.25, 0.3) is 11.0 Å². The lowest BCUT2D eigenvalue weighted by Gasteiger charge is -2.14. The van der Waals surface area contributed by atoms with Crippen molar-refractivity contribution < 1.29 is 17.6 Å². The molecule has 6 heteroatoms. The number of fused-ring (bicyclic) bond motifs is 1. The SMILES string of the molecule is CN(C)c1ccc2oc(=O)cc(C(F)(F)F)c2c1. The number of halogens is 3. The van der Waals surface area contributed by atoms with Crippen molar-refractivity contribution in [1.29, 1.82) is 0 Å². The molecule has 0 unspecified atom stereocenters. The number of hydrogen-bond donors (Lipinski definition) is 0. The predicted octanol–water partition coefficient (Wildman–Crippen LogP) is 2.88. The summed E-state index contributed by atoms with van der Waals surface area (Å²) in [5.41, 5.74) is -1.45. The van der Waals surface area contributed by atoms with Gasteiger partial charge in [0.15, 0.2) is 0 Å². The second-order valence-electron chi connectivity index (χ2n) is 4.05. The van der Waals surface area contributed by atoms with Gasteiger partial charge < -0.3 is 9.32 Å². The van der Waals surface area contributed by atoms with Gasteiger partial charge in [-0.25, -0.2) is 4.79 Å². The van der Waals surface area contributed by atoms with E-state index in [-0.39, 0.29) is 11.0 Å². The maximum Gasteiger partial charge on any atom is 0.417 e. The van der Waals surface area contributed by atoms with Gasteiger partial charge in [0.1, 0.15) is 5.58 Å². The Labute approximate surface area is 100 Å². The molecule has 0 aliphatic rings. The molecule has 0 amide bonds. The van der Waals surface area contributed by atoms with Gasteiger partial charge in [-0.3, -0.25) is 0 Å². The van der Waals surface area contributed by atoms with E-state index in [9.17, 15) is 18.0 Å². The first kappa shape index (κ1) is 12.5. The average Bonchev–Trinajstić information content (AvgIpc) is 2.25. The third-order valence-electron chi connectivity index (χ3n) is 2.55. The number of alkyl halides is 3. The Morgan fingerprint density at radius 1 is 1.17 bits per heavy atom. The molecule has 1 heterocycles. The van der Waals surface area contributed by atoms with Crippen molar-refractivity contribution in [1.82, 2.24) is 0 Å². The lowest BCUT2D eigenvalue weighted by molar-refractivity contribution is -0.136. The van der Waals surface area contributed by atoms with Crippen LogP contribution in [0.15, 0.2) is 33.5 Å². The highest BCUT2D eigenvalue weighted by molar-refractivity contribution is 5.84. The van der Waals surface area contributed by atoms with E-state index < -0.39 is 17.4 Å². The summed E-state index contributed by atoms with van der Waals surface area (Å²) in [4.78, 5) is 12.8. The predicted molar refractivity (Wildman–Crippen MR) is 61.8 cm³/mol. The van der Waals surface area contributed by atoms with Crippen LogP contribution >= 0.6 is 0 Å². The monoisotopic (exact) mass is 257 g/mol. The number of benzene rings is 1. The summed E-state index contributed by atoms with van der Waals surface area (Å²) >= 11 is 0. The molecule has 0 radical (unpaired) electrons. The van der Waals surface area contributed by atoms with Gasteiger partial charge >= 0.3 is 11.8 Å². The minimum Gasteiger partial charge on any atom is -0.423 e. The van der Waals surface area contributed by atoms with Crippen LogP contribution in [0.3, 0.4) is 0 Å². The minimum atomic E-state index is -4.58. The van der Waals surface area contributed by atoms with Crippen molar-refractivity contribution >= 4 is 16.7 Å². The van der Waals surface area contributed by atoms with Crippen molar-refractivity contribution in [3.8, 4) is 0 Å². The summed E-state index contributed by atoms with van der Waals surface area (Å²) in [5, 5.41) is -0.117. The molecule has 96 valence electrons. The molecular formula is C12H10F3NO2. The first-order chi connectivity index (χ1) is 8.29. The molecule has 0 aliphatic carbocycles. The molecule has 0 fully saturated rings. The zero-order chi connectivity index (χ0) is 13.5. The largest absolute Gasteiger partial charge is 0.423 e. The normalized spacial score (nSPS) is 11.8. The molecule has 0 N–H and O–H groups in total. The van der Waals surface area contributed by atoms with Crippen LogP contribution in [-0.4, -0.2) is 14.1 Å². The van der Waals surface area contributed by atoms with Crippen LogP contribution in [0.5, 0.6) is 0 Å². The van der Waals surface area contributed by atoms with Crippen LogP contribution in [0.1, 0.15) is 5.56 Å². The first-order valence-electron chi connectivity index (χ1n) is 5.11. The molecule has 0 atom stereocenters. The fourth-order valence-corrected chi connectivity index (χ4v) is 1.66. The number of anilines is 1. The van der Waals surface area contributed by atoms with Gasteiger partial charge in [0.05, 0.1) is 5.56 Å². The smallest absolute Gasteiger partial charge is 0.417 e. The van der Waals surface area contributed by atoms with Gasteiger partial charge in [-0.15, -0.1) is 0 Å². The van der Waals surface area contributed by atoms with E-state index in [0.29, 0.717) is 11.8 Å². The first-order valence-corrected chi connectivity index (χ1v) is 5.11. The van der Waals surface area contributed by atoms with Crippen molar-refractivity contribution in [2.75, 3.05) is 19.0 Å². The lowest BCUT2D eigenvalue weighted by Crippen LogP contribution is -2.12. The molecular weight excluding hydrogens is 247 g/mol. The van der Waals surface area contributed by atoms with E-state index in [2.05, 4.69) is 0 Å². The average molecular weight is 257 g/mol. The van der Waals surface area contributed by atoms with Crippen molar-refractivity contribution in [3.63, 3.8) is 0 Å². The lowest BCUT2D eigenvalue weighted by atomic mass is 10.1. The van der Waals surface area contributed by atoms with Gasteiger partial charge in [0.25, 0.3) is 0 Å². The maximum absolute atomic E-state index is 12.8. The molecule has 18 heavy (non-hydrogen) atoms. The van der Waals surface area contributed by atoms with E-state index in [0.717, 1.165) is 0 Å². The van der Waals surface area contributed by atoms with E-state index in [1.807, 2.05) is 0 Å². The van der Waals surface area contributed by atoms with Crippen LogP contribution in [0.4, 0.5) is 18.9 Å². The van der Waals surface area contributed by atoms with Crippen molar-refractivity contribution in [3.05, 3.63) is 40.2 Å². The Kier molecular flexibility index (Phi) is 2.80. The van der Waals surface area contributed by atoms with Crippen molar-refractivity contribution in [2.45, 2.75) is 6.18 Å². The second-order valence-corrected chi connectivity index (χ2v) is 4.05. The van der Waals surface area contributed by atoms with Crippen molar-refractivity contribution in [2.24, 2.45) is 0 Å². The van der Waals surface area contributed by atoms with Gasteiger partial charge in [0, 0.05) is 31.2 Å². The van der Waals surface area contributed by atoms with Crippen LogP contribution in [-0.2, 0) is 6.18 Å². The summed E-state index contributed by atoms with van der Waals surface area (Å²) in [5.74, 6) is 0. The van der Waals surface area contributed by atoms with Gasteiger partial charge in [-0.05, 0) is 18.2 Å². The summed E-state index contributed by atoms with van der Waals surface area (Å²) < 4.78 is 43.3. The Morgan fingerprint density at radius 3 is 2.39 bits per heavy atom. The Bertz CT molecular complexity index is 644. The van der Waals surface area contributed by atoms with Crippen LogP contribution < -0.4 is 10.5 Å².